The zero-order valence-electron chi connectivity index (χ0n) is 12.2. The van der Waals surface area contributed by atoms with Crippen LogP contribution < -0.4 is 15.1 Å². The van der Waals surface area contributed by atoms with Crippen LogP contribution in [0.3, 0.4) is 0 Å². The van der Waals surface area contributed by atoms with Crippen LogP contribution >= 0.6 is 12.4 Å². The van der Waals surface area contributed by atoms with Gasteiger partial charge in [-0.05, 0) is 19.2 Å². The lowest BCUT2D eigenvalue weighted by Crippen LogP contribution is -2.43. The molecule has 8 heteroatoms. The minimum absolute atomic E-state index is 0. The van der Waals surface area contributed by atoms with E-state index >= 15 is 0 Å². The molecule has 6 nitrogen and oxygen atoms in total. The first kappa shape index (κ1) is 16.8. The van der Waals surface area contributed by atoms with Gasteiger partial charge in [0.2, 0.25) is 0 Å². The van der Waals surface area contributed by atoms with Crippen molar-refractivity contribution in [3.05, 3.63) is 24.3 Å². The molecule has 0 spiro atoms. The van der Waals surface area contributed by atoms with Crippen LogP contribution in [-0.2, 0) is 9.47 Å². The number of hydrogen-bond acceptors (Lipinski definition) is 5. The Morgan fingerprint density at radius 3 is 2.68 bits per heavy atom. The van der Waals surface area contributed by atoms with E-state index in [0.29, 0.717) is 31.1 Å². The van der Waals surface area contributed by atoms with Crippen molar-refractivity contribution in [1.29, 1.82) is 0 Å². The second-order valence-corrected chi connectivity index (χ2v) is 4.96. The predicted molar refractivity (Wildman–Crippen MR) is 83.4 cm³/mol. The molecule has 1 aromatic carbocycles. The van der Waals surface area contributed by atoms with Gasteiger partial charge in [0.25, 0.3) is 0 Å². The van der Waals surface area contributed by atoms with Crippen LogP contribution in [0, 0.1) is 0 Å². The maximum Gasteiger partial charge on any atom is 0.416 e. The average molecular weight is 332 g/mol. The third-order valence-corrected chi connectivity index (χ3v) is 3.69. The molecule has 2 fully saturated rings. The molecule has 0 bridgehead atoms. The Kier molecular flexibility index (Phi) is 5.44. The summed E-state index contributed by atoms with van der Waals surface area (Å²) >= 11 is 0. The number of halogens is 2. The number of para-hydroxylation sites is 2. The Morgan fingerprint density at radius 1 is 1.32 bits per heavy atom. The second-order valence-electron chi connectivity index (χ2n) is 4.96. The van der Waals surface area contributed by atoms with Gasteiger partial charge in [-0.25, -0.2) is 9.18 Å². The normalized spacial score (nSPS) is 24.9. The number of morpholine rings is 1. The lowest BCUT2D eigenvalue weighted by atomic mass is 10.2. The van der Waals surface area contributed by atoms with E-state index in [4.69, 9.17) is 9.47 Å². The number of ether oxygens (including phenoxy) is 2. The van der Waals surface area contributed by atoms with Gasteiger partial charge in [-0.1, -0.05) is 12.1 Å². The number of carbonyl (C=O) groups is 1. The van der Waals surface area contributed by atoms with E-state index in [0.717, 1.165) is 0 Å². The molecule has 0 aliphatic carbocycles. The zero-order valence-corrected chi connectivity index (χ0v) is 13.0. The molecule has 0 radical (unpaired) electrons. The molecule has 1 N–H and O–H groups in total. The van der Waals surface area contributed by atoms with Crippen molar-refractivity contribution >= 4 is 29.9 Å². The summed E-state index contributed by atoms with van der Waals surface area (Å²) in [4.78, 5) is 15.1. The van der Waals surface area contributed by atoms with E-state index < -0.39 is 12.4 Å². The summed E-state index contributed by atoms with van der Waals surface area (Å²) in [6, 6.07) is 7.27. The third-order valence-electron chi connectivity index (χ3n) is 3.69. The summed E-state index contributed by atoms with van der Waals surface area (Å²) in [6.45, 7) is 1.36. The summed E-state index contributed by atoms with van der Waals surface area (Å²) in [5.41, 5.74) is 1.34. The molecule has 2 aliphatic heterocycles. The van der Waals surface area contributed by atoms with Crippen molar-refractivity contribution in [3.63, 3.8) is 0 Å². The third kappa shape index (κ3) is 3.11. The number of hydrogen-bond donors (Lipinski definition) is 1. The maximum atomic E-state index is 14.1. The maximum absolute atomic E-state index is 14.1. The molecular weight excluding hydrogens is 313 g/mol. The van der Waals surface area contributed by atoms with Crippen LogP contribution in [0.1, 0.15) is 0 Å². The Balaban J connectivity index is 0.00000176. The van der Waals surface area contributed by atoms with Crippen LogP contribution in [0.2, 0.25) is 0 Å². The molecule has 1 aromatic rings. The molecule has 2 saturated heterocycles. The first-order chi connectivity index (χ1) is 10.2. The molecule has 2 heterocycles. The Morgan fingerprint density at radius 2 is 2.05 bits per heavy atom. The summed E-state index contributed by atoms with van der Waals surface area (Å²) < 4.78 is 24.4. The molecule has 1 amide bonds. The van der Waals surface area contributed by atoms with Gasteiger partial charge in [-0.15, -0.1) is 12.4 Å². The van der Waals surface area contributed by atoms with Gasteiger partial charge in [-0.3, -0.25) is 10.2 Å². The van der Waals surface area contributed by atoms with Crippen molar-refractivity contribution in [2.75, 3.05) is 43.2 Å². The molecule has 2 atom stereocenters. The van der Waals surface area contributed by atoms with Crippen LogP contribution in [0.25, 0.3) is 0 Å². The standard InChI is InChI=1S/C14H18FN3O3.ClH/c1-16-13-8-18(14(19)21-13)11-5-3-2-4-10(11)17-6-7-20-9-12(17)15;/h2-5,12-13,16H,6-9H2,1H3;1H. The first-order valence-electron chi connectivity index (χ1n) is 6.93. The number of nitrogens with zero attached hydrogens (tertiary/aromatic N) is 2. The van der Waals surface area contributed by atoms with Gasteiger partial charge in [0.1, 0.15) is 0 Å². The smallest absolute Gasteiger partial charge is 0.416 e. The number of alkyl halides is 1. The number of cyclic esters (lactones) is 1. The van der Waals surface area contributed by atoms with Gasteiger partial charge in [0, 0.05) is 6.54 Å². The van der Waals surface area contributed by atoms with Crippen molar-refractivity contribution in [2.45, 2.75) is 12.5 Å². The van der Waals surface area contributed by atoms with Gasteiger partial charge >= 0.3 is 6.09 Å². The highest BCUT2D eigenvalue weighted by atomic mass is 35.5. The summed E-state index contributed by atoms with van der Waals surface area (Å²) in [7, 11) is 1.73. The van der Waals surface area contributed by atoms with E-state index in [1.165, 1.54) is 4.90 Å². The van der Waals surface area contributed by atoms with E-state index in [9.17, 15) is 9.18 Å². The van der Waals surface area contributed by atoms with Crippen molar-refractivity contribution < 1.29 is 18.7 Å². The fourth-order valence-electron chi connectivity index (χ4n) is 2.59. The summed E-state index contributed by atoms with van der Waals surface area (Å²) in [5, 5.41) is 2.91. The highest BCUT2D eigenvalue weighted by molar-refractivity contribution is 5.94. The second kappa shape index (κ2) is 7.13. The van der Waals surface area contributed by atoms with Gasteiger partial charge < -0.3 is 14.4 Å². The molecular formula is C14H19ClFN3O3. The van der Waals surface area contributed by atoms with Crippen molar-refractivity contribution in [2.24, 2.45) is 0 Å². The van der Waals surface area contributed by atoms with Gasteiger partial charge in [-0.2, -0.15) is 0 Å². The Hall–Kier alpha value is -1.57. The van der Waals surface area contributed by atoms with Crippen molar-refractivity contribution in [1.82, 2.24) is 5.32 Å². The topological polar surface area (TPSA) is 54.0 Å². The monoisotopic (exact) mass is 331 g/mol. The van der Waals surface area contributed by atoms with Crippen molar-refractivity contribution in [3.8, 4) is 0 Å². The Labute approximate surface area is 134 Å². The largest absolute Gasteiger partial charge is 0.428 e. The van der Waals surface area contributed by atoms with E-state index in [1.807, 2.05) is 18.2 Å². The number of rotatable bonds is 3. The molecule has 3 rings (SSSR count). The number of amides is 1. The highest BCUT2D eigenvalue weighted by Crippen LogP contribution is 2.34. The van der Waals surface area contributed by atoms with Gasteiger partial charge in [0.05, 0.1) is 31.1 Å². The van der Waals surface area contributed by atoms with Crippen LogP contribution in [0.5, 0.6) is 0 Å². The van der Waals surface area contributed by atoms with Gasteiger partial charge in [0.15, 0.2) is 12.5 Å². The fraction of sp³-hybridized carbons (Fsp3) is 0.500. The lowest BCUT2D eigenvalue weighted by Gasteiger charge is -2.34. The fourth-order valence-corrected chi connectivity index (χ4v) is 2.59. The Bertz CT molecular complexity index is 534. The number of nitrogens with one attached hydrogen (secondary N) is 1. The number of anilines is 2. The SMILES string of the molecule is CNC1CN(c2ccccc2N2CCOCC2F)C(=O)O1.Cl. The van der Waals surface area contributed by atoms with Crippen LogP contribution in [-0.4, -0.2) is 52.0 Å². The minimum atomic E-state index is -1.21. The zero-order chi connectivity index (χ0) is 14.8. The van der Waals surface area contributed by atoms with Crippen LogP contribution in [0.15, 0.2) is 24.3 Å². The number of carbonyl (C=O) groups excluding carboxylic acids is 1. The van der Waals surface area contributed by atoms with E-state index in [-0.39, 0.29) is 25.2 Å². The molecule has 122 valence electrons. The first-order valence-corrected chi connectivity index (χ1v) is 6.93. The molecule has 0 aromatic heterocycles. The molecule has 2 unspecified atom stereocenters. The summed E-state index contributed by atoms with van der Waals surface area (Å²) in [6.07, 6.45) is -1.99. The molecule has 2 aliphatic rings. The number of likely N-dealkylation sites (N-methyl/N-ethyl adjacent to an activating group) is 1. The average Bonchev–Trinajstić information content (AvgIpc) is 2.89. The predicted octanol–water partition coefficient (Wildman–Crippen LogP) is 1.74. The van der Waals surface area contributed by atoms with E-state index in [1.54, 1.807) is 18.0 Å². The molecule has 0 saturated carbocycles. The van der Waals surface area contributed by atoms with Crippen LogP contribution in [0.4, 0.5) is 20.6 Å². The van der Waals surface area contributed by atoms with E-state index in [2.05, 4.69) is 5.32 Å². The lowest BCUT2D eigenvalue weighted by molar-refractivity contribution is 0.0497. The minimum Gasteiger partial charge on any atom is -0.428 e. The summed E-state index contributed by atoms with van der Waals surface area (Å²) in [5.74, 6) is 0. The number of benzene rings is 1. The highest BCUT2D eigenvalue weighted by Gasteiger charge is 2.34. The quantitative estimate of drug-likeness (QED) is 0.855. The molecule has 22 heavy (non-hydrogen) atoms.